The van der Waals surface area contributed by atoms with Gasteiger partial charge in [-0.2, -0.15) is 0 Å². The third-order valence-corrected chi connectivity index (χ3v) is 3.10. The lowest BCUT2D eigenvalue weighted by molar-refractivity contribution is 1.03. The van der Waals surface area contributed by atoms with Crippen LogP contribution in [0.15, 0.2) is 59.3 Å². The number of aryl methyl sites for hydroxylation is 1. The minimum absolute atomic E-state index is 0.442. The molecule has 0 aromatic carbocycles. The van der Waals surface area contributed by atoms with Crippen LogP contribution in [-0.2, 0) is 0 Å². The minimum atomic E-state index is 0.442. The summed E-state index contributed by atoms with van der Waals surface area (Å²) in [6.45, 7) is 5.82. The Morgan fingerprint density at radius 3 is 2.95 bits per heavy atom. The second kappa shape index (κ2) is 8.98. The molecule has 0 aliphatic heterocycles. The van der Waals surface area contributed by atoms with Gasteiger partial charge in [-0.15, -0.1) is 0 Å². The molecule has 1 aromatic rings. The molecule has 1 heterocycles. The molecule has 4 nitrogen and oxygen atoms in total. The molecular formula is C15H20N4S. The van der Waals surface area contributed by atoms with E-state index in [9.17, 15) is 0 Å². The van der Waals surface area contributed by atoms with E-state index < -0.39 is 0 Å². The molecule has 0 spiro atoms. The topological polar surface area (TPSA) is 63.8 Å². The van der Waals surface area contributed by atoms with Gasteiger partial charge in [0.05, 0.1) is 5.69 Å². The summed E-state index contributed by atoms with van der Waals surface area (Å²) in [6.07, 6.45) is 14.4. The lowest BCUT2D eigenvalue weighted by Crippen LogP contribution is -1.97. The van der Waals surface area contributed by atoms with Gasteiger partial charge < -0.3 is 11.1 Å². The number of hydrogen-bond acceptors (Lipinski definition) is 5. The van der Waals surface area contributed by atoms with Crippen LogP contribution in [-0.4, -0.2) is 17.0 Å². The summed E-state index contributed by atoms with van der Waals surface area (Å²) < 4.78 is 0. The second-order valence-electron chi connectivity index (χ2n) is 3.98. The Morgan fingerprint density at radius 2 is 2.25 bits per heavy atom. The van der Waals surface area contributed by atoms with Gasteiger partial charge in [-0.1, -0.05) is 42.6 Å². The third kappa shape index (κ3) is 6.24. The second-order valence-corrected chi connectivity index (χ2v) is 5.10. The molecule has 0 aliphatic carbocycles. The van der Waals surface area contributed by atoms with E-state index in [1.54, 1.807) is 6.20 Å². The molecule has 1 aromatic heterocycles. The number of nitrogens with two attached hydrogens (primary N) is 1. The lowest BCUT2D eigenvalue weighted by Gasteiger charge is -2.03. The summed E-state index contributed by atoms with van der Waals surface area (Å²) in [7, 11) is 1.88. The first-order valence-electron chi connectivity index (χ1n) is 6.25. The summed E-state index contributed by atoms with van der Waals surface area (Å²) in [5.74, 6) is 0.442. The van der Waals surface area contributed by atoms with E-state index in [0.717, 1.165) is 17.0 Å². The molecule has 0 atom stereocenters. The number of nitrogens with one attached hydrogen (secondary N) is 1. The highest BCUT2D eigenvalue weighted by atomic mass is 32.2. The van der Waals surface area contributed by atoms with Crippen LogP contribution in [0.2, 0.25) is 0 Å². The van der Waals surface area contributed by atoms with Crippen LogP contribution in [0.3, 0.4) is 0 Å². The van der Waals surface area contributed by atoms with Gasteiger partial charge in [-0.3, -0.25) is 0 Å². The third-order valence-electron chi connectivity index (χ3n) is 2.20. The molecule has 20 heavy (non-hydrogen) atoms. The van der Waals surface area contributed by atoms with Gasteiger partial charge in [0.2, 0.25) is 0 Å². The van der Waals surface area contributed by atoms with Crippen LogP contribution in [0.5, 0.6) is 0 Å². The van der Waals surface area contributed by atoms with E-state index in [1.165, 1.54) is 11.8 Å². The summed E-state index contributed by atoms with van der Waals surface area (Å²) in [6, 6.07) is 0. The Labute approximate surface area is 124 Å². The Bertz CT molecular complexity index is 533. The van der Waals surface area contributed by atoms with Gasteiger partial charge >= 0.3 is 0 Å². The average molecular weight is 288 g/mol. The number of rotatable bonds is 7. The molecular weight excluding hydrogens is 268 g/mol. The SMILES string of the molecule is C=C(/C=C\C=C/C/C=C\NC)Sc1ncc(C)nc1N. The predicted molar refractivity (Wildman–Crippen MR) is 87.3 cm³/mol. The normalized spacial score (nSPS) is 11.7. The molecule has 0 fully saturated rings. The zero-order chi connectivity index (χ0) is 14.8. The molecule has 0 unspecified atom stereocenters. The fraction of sp³-hybridized carbons (Fsp3) is 0.200. The van der Waals surface area contributed by atoms with Crippen molar-refractivity contribution in [3.05, 3.63) is 60.0 Å². The molecule has 0 bridgehead atoms. The van der Waals surface area contributed by atoms with Gasteiger partial charge in [0, 0.05) is 18.1 Å². The quantitative estimate of drug-likeness (QED) is 0.596. The highest BCUT2D eigenvalue weighted by Crippen LogP contribution is 2.27. The molecule has 5 heteroatoms. The van der Waals surface area contributed by atoms with Gasteiger partial charge in [0.1, 0.15) is 5.03 Å². The molecule has 0 aliphatic rings. The minimum Gasteiger partial charge on any atom is -0.394 e. The lowest BCUT2D eigenvalue weighted by atomic mass is 10.3. The number of nitrogens with zero attached hydrogens (tertiary/aromatic N) is 2. The Kier molecular flexibility index (Phi) is 7.21. The fourth-order valence-corrected chi connectivity index (χ4v) is 1.96. The molecule has 0 amide bonds. The number of thioether (sulfide) groups is 1. The van der Waals surface area contributed by atoms with Gasteiger partial charge in [0.25, 0.3) is 0 Å². The maximum Gasteiger partial charge on any atom is 0.156 e. The van der Waals surface area contributed by atoms with Crippen molar-refractivity contribution in [1.82, 2.24) is 15.3 Å². The standard InChI is InChI=1S/C15H20N4S/c1-12-11-18-15(14(16)19-12)20-13(2)9-7-5-4-6-8-10-17-3/h4-5,7-11,17H,2,6H2,1,3H3,(H2,16,19)/b5-4-,9-7-,10-8-. The summed E-state index contributed by atoms with van der Waals surface area (Å²) >= 11 is 1.41. The summed E-state index contributed by atoms with van der Waals surface area (Å²) in [5.41, 5.74) is 6.62. The zero-order valence-corrected chi connectivity index (χ0v) is 12.7. The molecule has 1 rings (SSSR count). The number of nitrogen functional groups attached to an aromatic ring is 1. The first-order chi connectivity index (χ1) is 9.63. The van der Waals surface area contributed by atoms with Crippen molar-refractivity contribution in [1.29, 1.82) is 0 Å². The van der Waals surface area contributed by atoms with E-state index in [1.807, 2.05) is 44.5 Å². The zero-order valence-electron chi connectivity index (χ0n) is 11.8. The van der Waals surface area contributed by atoms with Crippen LogP contribution < -0.4 is 11.1 Å². The van der Waals surface area contributed by atoms with Crippen LogP contribution in [0.25, 0.3) is 0 Å². The maximum atomic E-state index is 5.81. The van der Waals surface area contributed by atoms with Crippen molar-refractivity contribution in [2.75, 3.05) is 12.8 Å². The van der Waals surface area contributed by atoms with Crippen LogP contribution >= 0.6 is 11.8 Å². The first kappa shape index (κ1) is 16.0. The van der Waals surface area contributed by atoms with Gasteiger partial charge in [0.15, 0.2) is 5.82 Å². The molecule has 106 valence electrons. The fourth-order valence-electron chi connectivity index (χ4n) is 1.31. The summed E-state index contributed by atoms with van der Waals surface area (Å²) in [4.78, 5) is 9.28. The van der Waals surface area contributed by atoms with Crippen molar-refractivity contribution in [2.45, 2.75) is 18.4 Å². The number of allylic oxidation sites excluding steroid dienone is 5. The van der Waals surface area contributed by atoms with Crippen molar-refractivity contribution >= 4 is 17.6 Å². The Hall–Kier alpha value is -2.01. The van der Waals surface area contributed by atoms with Crippen LogP contribution in [0.1, 0.15) is 12.1 Å². The number of aromatic nitrogens is 2. The van der Waals surface area contributed by atoms with E-state index in [4.69, 9.17) is 5.73 Å². The van der Waals surface area contributed by atoms with Crippen molar-refractivity contribution in [3.8, 4) is 0 Å². The first-order valence-corrected chi connectivity index (χ1v) is 7.06. The van der Waals surface area contributed by atoms with E-state index in [2.05, 4.69) is 27.9 Å². The van der Waals surface area contributed by atoms with E-state index in [0.29, 0.717) is 10.8 Å². The smallest absolute Gasteiger partial charge is 0.156 e. The monoisotopic (exact) mass is 288 g/mol. The van der Waals surface area contributed by atoms with E-state index >= 15 is 0 Å². The van der Waals surface area contributed by atoms with Crippen molar-refractivity contribution < 1.29 is 0 Å². The Morgan fingerprint density at radius 1 is 1.45 bits per heavy atom. The summed E-state index contributed by atoms with van der Waals surface area (Å²) in [5, 5.41) is 3.62. The highest BCUT2D eigenvalue weighted by Gasteiger charge is 2.03. The number of hydrogen-bond donors (Lipinski definition) is 2. The van der Waals surface area contributed by atoms with Crippen molar-refractivity contribution in [3.63, 3.8) is 0 Å². The maximum absolute atomic E-state index is 5.81. The van der Waals surface area contributed by atoms with Crippen molar-refractivity contribution in [2.24, 2.45) is 0 Å². The predicted octanol–water partition coefficient (Wildman–Crippen LogP) is 3.21. The molecule has 3 N–H and O–H groups in total. The van der Waals surface area contributed by atoms with Crippen LogP contribution in [0.4, 0.5) is 5.82 Å². The largest absolute Gasteiger partial charge is 0.394 e. The molecule has 0 saturated heterocycles. The average Bonchev–Trinajstić information content (AvgIpc) is 2.41. The van der Waals surface area contributed by atoms with E-state index in [-0.39, 0.29) is 0 Å². The van der Waals surface area contributed by atoms with Gasteiger partial charge in [-0.25, -0.2) is 9.97 Å². The van der Waals surface area contributed by atoms with Gasteiger partial charge in [-0.05, 0) is 25.6 Å². The van der Waals surface area contributed by atoms with Crippen LogP contribution in [0, 0.1) is 6.92 Å². The molecule has 0 saturated carbocycles. The Balaban J connectivity index is 2.45. The molecule has 0 radical (unpaired) electrons. The number of anilines is 1. The highest BCUT2D eigenvalue weighted by molar-refractivity contribution is 8.03.